The van der Waals surface area contributed by atoms with Gasteiger partial charge in [-0.3, -0.25) is 53.1 Å². The van der Waals surface area contributed by atoms with Gasteiger partial charge in [0.15, 0.2) is 35.1 Å². The average Bonchev–Trinajstić information content (AvgIpc) is 3.37. The van der Waals surface area contributed by atoms with Crippen LogP contribution in [0.1, 0.15) is 195 Å². The van der Waals surface area contributed by atoms with Gasteiger partial charge >= 0.3 is 5.97 Å². The van der Waals surface area contributed by atoms with E-state index in [1.807, 2.05) is 0 Å². The SMILES string of the molecule is CCCCCCCCCCCCCCCC(=O)N[C@H](C(=O)C[C@@H](CO)C(=O)N[C@@H](CO)C(=O)C[C@@H](CCCN=C(N)N)C(=O)N[C@@H](CCC(=O)O)C(=O)C[C@@H](CCCCN)C(=O)N[C@@H](CCCN=C(N)N)C(C)=O)C(C)C. The van der Waals surface area contributed by atoms with E-state index >= 15 is 0 Å². The van der Waals surface area contributed by atoms with Gasteiger partial charge in [-0.05, 0) is 70.8 Å². The van der Waals surface area contributed by atoms with Crippen LogP contribution in [0.4, 0.5) is 0 Å². The number of carbonyl (C=O) groups excluding carboxylic acids is 8. The van der Waals surface area contributed by atoms with E-state index in [4.69, 9.17) is 28.7 Å². The highest BCUT2D eigenvalue weighted by molar-refractivity contribution is 5.97. The molecule has 0 aromatic rings. The van der Waals surface area contributed by atoms with Crippen LogP contribution in [0.2, 0.25) is 0 Å². The number of unbranched alkanes of at least 4 members (excludes halogenated alkanes) is 13. The fourth-order valence-corrected chi connectivity index (χ4v) is 8.84. The molecule has 23 heteroatoms. The smallest absolute Gasteiger partial charge is 0.303 e. The summed E-state index contributed by atoms with van der Waals surface area (Å²) in [6.07, 6.45) is 14.5. The van der Waals surface area contributed by atoms with E-state index < -0.39 is 122 Å². The number of carboxylic acid groups (broad SMARTS) is 1. The van der Waals surface area contributed by atoms with Crippen LogP contribution >= 0.6 is 0 Å². The Morgan fingerprint density at radius 3 is 1.38 bits per heavy atom. The normalized spacial score (nSPS) is 13.9. The first-order chi connectivity index (χ1) is 36.6. The molecule has 0 aliphatic carbocycles. The quantitative estimate of drug-likeness (QED) is 0.0236. The molecule has 0 heterocycles. The third-order valence-electron chi connectivity index (χ3n) is 13.5. The Kier molecular flexibility index (Phi) is 40.3. The van der Waals surface area contributed by atoms with Gasteiger partial charge in [0.2, 0.25) is 23.6 Å². The Bertz CT molecular complexity index is 1840. The van der Waals surface area contributed by atoms with Crippen LogP contribution in [0.15, 0.2) is 9.98 Å². The van der Waals surface area contributed by atoms with Crippen molar-refractivity contribution >= 4 is 64.7 Å². The topological polar surface area (TPSA) is 417 Å². The molecule has 0 radical (unpaired) electrons. The van der Waals surface area contributed by atoms with Crippen LogP contribution in [-0.4, -0.2) is 137 Å². The van der Waals surface area contributed by atoms with E-state index in [9.17, 15) is 58.5 Å². The number of aliphatic hydroxyl groups excluding tert-OH is 2. The second-order valence-corrected chi connectivity index (χ2v) is 20.7. The molecule has 23 nitrogen and oxygen atoms in total. The van der Waals surface area contributed by atoms with Crippen molar-refractivity contribution in [3.8, 4) is 0 Å². The minimum absolute atomic E-state index is 0.0282. The van der Waals surface area contributed by atoms with Crippen molar-refractivity contribution in [2.45, 2.75) is 219 Å². The number of guanidine groups is 2. The van der Waals surface area contributed by atoms with Crippen molar-refractivity contribution in [3.63, 3.8) is 0 Å². The molecule has 7 atom stereocenters. The number of carbonyl (C=O) groups is 9. The number of carboxylic acids is 1. The molecule has 0 saturated heterocycles. The highest BCUT2D eigenvalue weighted by Crippen LogP contribution is 2.21. The fraction of sp³-hybridized carbons (Fsp3) is 0.796. The van der Waals surface area contributed by atoms with E-state index in [0.29, 0.717) is 32.2 Å². The Balaban J connectivity index is 6.03. The van der Waals surface area contributed by atoms with E-state index in [2.05, 4.69) is 38.2 Å². The van der Waals surface area contributed by atoms with E-state index in [-0.39, 0.29) is 81.1 Å². The number of aliphatic carboxylic acids is 1. The first-order valence-electron chi connectivity index (χ1n) is 28.1. The first-order valence-corrected chi connectivity index (χ1v) is 28.1. The molecular formula is C54H99N11O12. The van der Waals surface area contributed by atoms with Crippen molar-refractivity contribution in [2.24, 2.45) is 62.3 Å². The average molecular weight is 1090 g/mol. The molecule has 0 aliphatic rings. The zero-order valence-electron chi connectivity index (χ0n) is 46.8. The fourth-order valence-electron chi connectivity index (χ4n) is 8.84. The number of aliphatic hydroxyl groups is 2. The van der Waals surface area contributed by atoms with Crippen LogP contribution in [0.25, 0.3) is 0 Å². The maximum Gasteiger partial charge on any atom is 0.303 e. The second-order valence-electron chi connectivity index (χ2n) is 20.7. The van der Waals surface area contributed by atoms with Crippen LogP contribution in [0.5, 0.6) is 0 Å². The Labute approximate surface area is 457 Å². The molecule has 0 saturated carbocycles. The Morgan fingerprint density at radius 1 is 0.481 bits per heavy atom. The summed E-state index contributed by atoms with van der Waals surface area (Å²) < 4.78 is 0. The van der Waals surface area contributed by atoms with Crippen molar-refractivity contribution in [1.29, 1.82) is 0 Å². The number of nitrogens with two attached hydrogens (primary N) is 5. The molecule has 0 fully saturated rings. The van der Waals surface area contributed by atoms with Crippen molar-refractivity contribution in [3.05, 3.63) is 0 Å². The molecule has 77 heavy (non-hydrogen) atoms. The predicted molar refractivity (Wildman–Crippen MR) is 297 cm³/mol. The van der Waals surface area contributed by atoms with Crippen molar-refractivity contribution < 1.29 is 58.5 Å². The predicted octanol–water partition coefficient (Wildman–Crippen LogP) is 2.46. The van der Waals surface area contributed by atoms with Gasteiger partial charge in [0, 0.05) is 57.0 Å². The standard InChI is InChI=1S/C54H99N11O12/c1-5-6-7-8-9-10-11-12-13-14-15-16-17-25-47(72)65-49(36(2)3)46(71)33-40(34-66)52(77)64-43(35-67)45(70)32-39(23-20-29-60-53(56)57)51(76)63-42(26-27-48(73)74)44(69)31-38(22-18-19-28-55)50(75)62-41(37(4)68)24-21-30-61-54(58)59/h36,38-43,49,66-67H,5-35,55H2,1-4H3,(H,62,75)(H,63,76)(H,64,77)(H,65,72)(H,73,74)(H4,56,57,60)(H4,58,59,61)/t38-,39-,40+,41+,42+,43+,49+/m1/s1. The summed E-state index contributed by atoms with van der Waals surface area (Å²) in [7, 11) is 0. The molecule has 442 valence electrons. The van der Waals surface area contributed by atoms with Crippen molar-refractivity contribution in [1.82, 2.24) is 21.3 Å². The minimum Gasteiger partial charge on any atom is -0.481 e. The molecule has 0 bridgehead atoms. The zero-order valence-corrected chi connectivity index (χ0v) is 46.8. The Morgan fingerprint density at radius 2 is 0.922 bits per heavy atom. The van der Waals surface area contributed by atoms with E-state index in [1.165, 1.54) is 64.7 Å². The lowest BCUT2D eigenvalue weighted by atomic mass is 9.89. The van der Waals surface area contributed by atoms with Crippen LogP contribution in [-0.2, 0) is 43.2 Å². The summed E-state index contributed by atoms with van der Waals surface area (Å²) in [4.78, 5) is 128. The molecule has 0 aliphatic heterocycles. The van der Waals surface area contributed by atoms with E-state index in [0.717, 1.165) is 19.3 Å². The molecule has 0 rings (SSSR count). The van der Waals surface area contributed by atoms with Gasteiger partial charge in [0.25, 0.3) is 0 Å². The zero-order chi connectivity index (χ0) is 58.1. The molecular weight excluding hydrogens is 995 g/mol. The maximum absolute atomic E-state index is 14.1. The number of ketones is 4. The summed E-state index contributed by atoms with van der Waals surface area (Å²) in [5.41, 5.74) is 27.4. The lowest BCUT2D eigenvalue weighted by molar-refractivity contribution is -0.139. The van der Waals surface area contributed by atoms with E-state index in [1.54, 1.807) is 13.8 Å². The highest BCUT2D eigenvalue weighted by atomic mass is 16.4. The Hall–Kier alpha value is -5.55. The number of rotatable bonds is 49. The lowest BCUT2D eigenvalue weighted by Crippen LogP contribution is -2.50. The molecule has 0 unspecified atom stereocenters. The number of nitrogens with one attached hydrogen (secondary N) is 4. The largest absolute Gasteiger partial charge is 0.481 e. The van der Waals surface area contributed by atoms with Gasteiger partial charge in [-0.1, -0.05) is 104 Å². The highest BCUT2D eigenvalue weighted by Gasteiger charge is 2.35. The van der Waals surface area contributed by atoms with Crippen molar-refractivity contribution in [2.75, 3.05) is 32.8 Å². The van der Waals surface area contributed by atoms with Gasteiger partial charge in [-0.15, -0.1) is 0 Å². The van der Waals surface area contributed by atoms with Gasteiger partial charge < -0.3 is 65.3 Å². The second kappa shape index (κ2) is 43.4. The summed E-state index contributed by atoms with van der Waals surface area (Å²) in [6.45, 7) is 5.79. The summed E-state index contributed by atoms with van der Waals surface area (Å²) in [6, 6.07) is -4.93. The van der Waals surface area contributed by atoms with Gasteiger partial charge in [-0.25, -0.2) is 0 Å². The van der Waals surface area contributed by atoms with Crippen LogP contribution in [0, 0.1) is 23.7 Å². The summed E-state index contributed by atoms with van der Waals surface area (Å²) in [5.74, 6) is -10.7. The summed E-state index contributed by atoms with van der Waals surface area (Å²) >= 11 is 0. The molecule has 0 spiro atoms. The number of amides is 4. The molecule has 0 aromatic carbocycles. The van der Waals surface area contributed by atoms with Gasteiger partial charge in [0.05, 0.1) is 37.3 Å². The molecule has 4 amide bonds. The first kappa shape index (κ1) is 71.5. The van der Waals surface area contributed by atoms with Crippen LogP contribution < -0.4 is 49.9 Å². The molecule has 0 aromatic heterocycles. The monoisotopic (exact) mass is 1090 g/mol. The maximum atomic E-state index is 14.1. The summed E-state index contributed by atoms with van der Waals surface area (Å²) in [5, 5.41) is 40.6. The number of nitrogens with zero attached hydrogens (tertiary/aromatic N) is 2. The third-order valence-corrected chi connectivity index (χ3v) is 13.5. The number of hydrogen-bond donors (Lipinski definition) is 12. The van der Waals surface area contributed by atoms with Crippen LogP contribution in [0.3, 0.4) is 0 Å². The lowest BCUT2D eigenvalue weighted by Gasteiger charge is -2.26. The minimum atomic E-state index is -1.61. The number of hydrogen-bond acceptors (Lipinski definition) is 14. The number of Topliss-reactive ketones (excluding diaryl/α,β-unsaturated/α-hetero) is 4. The molecule has 17 N–H and O–H groups in total. The van der Waals surface area contributed by atoms with Gasteiger partial charge in [-0.2, -0.15) is 0 Å². The third kappa shape index (κ3) is 34.8. The van der Waals surface area contributed by atoms with Gasteiger partial charge in [0.1, 0.15) is 6.04 Å². The number of aliphatic imine (C=N–C) groups is 2.